The number of nitrogens with zero attached hydrogens (tertiary/aromatic N) is 2. The largest absolute Gasteiger partial charge is 0.495 e. The zero-order chi connectivity index (χ0) is 26.1. The van der Waals surface area contributed by atoms with Gasteiger partial charge in [0.2, 0.25) is 5.91 Å². The van der Waals surface area contributed by atoms with Gasteiger partial charge in [-0.2, -0.15) is 0 Å². The van der Waals surface area contributed by atoms with Crippen LogP contribution in [0.15, 0.2) is 48.5 Å². The van der Waals surface area contributed by atoms with E-state index in [1.54, 1.807) is 48.4 Å². The van der Waals surface area contributed by atoms with Crippen LogP contribution in [0.3, 0.4) is 0 Å². The number of hydrogen-bond donors (Lipinski definition) is 2. The third kappa shape index (κ3) is 7.45. The Morgan fingerprint density at radius 3 is 2.33 bits per heavy atom. The molecule has 3 amide bonds. The molecule has 0 bridgehead atoms. The van der Waals surface area contributed by atoms with Crippen LogP contribution in [0.2, 0.25) is 0 Å². The van der Waals surface area contributed by atoms with Crippen molar-refractivity contribution in [2.75, 3.05) is 50.5 Å². The van der Waals surface area contributed by atoms with Crippen LogP contribution >= 0.6 is 0 Å². The van der Waals surface area contributed by atoms with Crippen LogP contribution in [0, 0.1) is 5.92 Å². The minimum absolute atomic E-state index is 0.142. The summed E-state index contributed by atoms with van der Waals surface area (Å²) < 4.78 is 10.6. The zero-order valence-corrected chi connectivity index (χ0v) is 21.5. The molecule has 194 valence electrons. The molecule has 1 fully saturated rings. The number of nitrogens with one attached hydrogen (secondary N) is 2. The second kappa shape index (κ2) is 12.9. The van der Waals surface area contributed by atoms with Gasteiger partial charge in [0.15, 0.2) is 0 Å². The maximum Gasteiger partial charge on any atom is 0.409 e. The first-order valence-electron chi connectivity index (χ1n) is 12.3. The smallest absolute Gasteiger partial charge is 0.409 e. The average Bonchev–Trinajstić information content (AvgIpc) is 3.14. The van der Waals surface area contributed by atoms with Crippen molar-refractivity contribution in [3.8, 4) is 5.75 Å². The SMILES string of the molecule is COc1ccccc1NC(=O)c1ccc(NC(=O)C(C)N2CCCN(C(=O)OCC(C)C)CC2)cc1. The van der Waals surface area contributed by atoms with E-state index in [1.165, 1.54) is 0 Å². The van der Waals surface area contributed by atoms with Crippen LogP contribution in [-0.2, 0) is 9.53 Å². The van der Waals surface area contributed by atoms with E-state index in [0.717, 1.165) is 6.42 Å². The fourth-order valence-corrected chi connectivity index (χ4v) is 3.90. The van der Waals surface area contributed by atoms with E-state index in [9.17, 15) is 14.4 Å². The van der Waals surface area contributed by atoms with Crippen molar-refractivity contribution in [3.05, 3.63) is 54.1 Å². The van der Waals surface area contributed by atoms with Gasteiger partial charge >= 0.3 is 6.09 Å². The van der Waals surface area contributed by atoms with Gasteiger partial charge in [-0.1, -0.05) is 26.0 Å². The molecule has 1 heterocycles. The van der Waals surface area contributed by atoms with Crippen LogP contribution in [0.4, 0.5) is 16.2 Å². The Morgan fingerprint density at radius 1 is 0.917 bits per heavy atom. The minimum Gasteiger partial charge on any atom is -0.495 e. The minimum atomic E-state index is -0.370. The van der Waals surface area contributed by atoms with Crippen molar-refractivity contribution in [2.24, 2.45) is 5.92 Å². The summed E-state index contributed by atoms with van der Waals surface area (Å²) in [6, 6.07) is 13.6. The van der Waals surface area contributed by atoms with Crippen molar-refractivity contribution < 1.29 is 23.9 Å². The summed E-state index contributed by atoms with van der Waals surface area (Å²) in [7, 11) is 1.55. The van der Waals surface area contributed by atoms with Crippen molar-refractivity contribution >= 4 is 29.3 Å². The lowest BCUT2D eigenvalue weighted by Crippen LogP contribution is -2.44. The van der Waals surface area contributed by atoms with Gasteiger partial charge in [0.25, 0.3) is 5.91 Å². The molecule has 0 aliphatic carbocycles. The molecule has 1 unspecified atom stereocenters. The summed E-state index contributed by atoms with van der Waals surface area (Å²) in [4.78, 5) is 41.6. The van der Waals surface area contributed by atoms with E-state index in [1.807, 2.05) is 32.9 Å². The van der Waals surface area contributed by atoms with E-state index in [4.69, 9.17) is 9.47 Å². The topological polar surface area (TPSA) is 100 Å². The molecule has 36 heavy (non-hydrogen) atoms. The highest BCUT2D eigenvalue weighted by atomic mass is 16.6. The molecule has 0 aromatic heterocycles. The Kier molecular flexibility index (Phi) is 9.69. The molecule has 1 saturated heterocycles. The Hall–Kier alpha value is -3.59. The highest BCUT2D eigenvalue weighted by Gasteiger charge is 2.26. The molecule has 2 N–H and O–H groups in total. The summed E-state index contributed by atoms with van der Waals surface area (Å²) in [5, 5.41) is 5.76. The first kappa shape index (κ1) is 27.0. The van der Waals surface area contributed by atoms with Gasteiger partial charge in [-0.05, 0) is 55.7 Å². The standard InChI is InChI=1S/C27H36N4O5/c1-19(2)18-36-27(34)31-15-7-14-30(16-17-31)20(3)25(32)28-22-12-10-21(11-13-22)26(33)29-23-8-5-6-9-24(23)35-4/h5-6,8-13,19-20H,7,14-18H2,1-4H3,(H,28,32)(H,29,33). The lowest BCUT2D eigenvalue weighted by atomic mass is 10.1. The van der Waals surface area contributed by atoms with E-state index < -0.39 is 0 Å². The van der Waals surface area contributed by atoms with Crippen molar-refractivity contribution in [2.45, 2.75) is 33.2 Å². The zero-order valence-electron chi connectivity index (χ0n) is 21.5. The summed E-state index contributed by atoms with van der Waals surface area (Å²) >= 11 is 0. The number of hydrogen-bond acceptors (Lipinski definition) is 6. The third-order valence-corrected chi connectivity index (χ3v) is 6.03. The molecule has 0 spiro atoms. The van der Waals surface area contributed by atoms with E-state index in [2.05, 4.69) is 15.5 Å². The van der Waals surface area contributed by atoms with Crippen LogP contribution in [0.1, 0.15) is 37.6 Å². The molecule has 3 rings (SSSR count). The Labute approximate surface area is 212 Å². The lowest BCUT2D eigenvalue weighted by molar-refractivity contribution is -0.120. The van der Waals surface area contributed by atoms with Gasteiger partial charge in [-0.25, -0.2) is 4.79 Å². The predicted molar refractivity (Wildman–Crippen MR) is 139 cm³/mol. The summed E-state index contributed by atoms with van der Waals surface area (Å²) in [6.45, 7) is 8.70. The van der Waals surface area contributed by atoms with Gasteiger partial charge in [-0.15, -0.1) is 0 Å². The van der Waals surface area contributed by atoms with E-state index in [-0.39, 0.29) is 29.9 Å². The number of anilines is 2. The third-order valence-electron chi connectivity index (χ3n) is 6.03. The molecule has 0 radical (unpaired) electrons. The summed E-state index contributed by atoms with van der Waals surface area (Å²) in [5.41, 5.74) is 1.65. The lowest BCUT2D eigenvalue weighted by Gasteiger charge is -2.27. The monoisotopic (exact) mass is 496 g/mol. The second-order valence-electron chi connectivity index (χ2n) is 9.24. The van der Waals surface area contributed by atoms with Crippen LogP contribution in [0.25, 0.3) is 0 Å². The highest BCUT2D eigenvalue weighted by molar-refractivity contribution is 6.05. The quantitative estimate of drug-likeness (QED) is 0.571. The average molecular weight is 497 g/mol. The Balaban J connectivity index is 1.52. The predicted octanol–water partition coefficient (Wildman–Crippen LogP) is 4.07. The van der Waals surface area contributed by atoms with Crippen molar-refractivity contribution in [3.63, 3.8) is 0 Å². The molecule has 2 aromatic carbocycles. The van der Waals surface area contributed by atoms with Gasteiger partial charge < -0.3 is 25.0 Å². The Morgan fingerprint density at radius 2 is 1.64 bits per heavy atom. The maximum atomic E-state index is 12.9. The first-order chi connectivity index (χ1) is 17.3. The molecule has 9 heteroatoms. The molecular weight excluding hydrogens is 460 g/mol. The van der Waals surface area contributed by atoms with Gasteiger partial charge in [0, 0.05) is 37.4 Å². The number of carbonyl (C=O) groups is 3. The van der Waals surface area contributed by atoms with Gasteiger partial charge in [-0.3, -0.25) is 14.5 Å². The van der Waals surface area contributed by atoms with Crippen LogP contribution in [-0.4, -0.2) is 73.6 Å². The van der Waals surface area contributed by atoms with E-state index in [0.29, 0.717) is 55.5 Å². The normalized spacial score (nSPS) is 15.1. The van der Waals surface area contributed by atoms with Gasteiger partial charge in [0.05, 0.1) is 25.4 Å². The van der Waals surface area contributed by atoms with Gasteiger partial charge in [0.1, 0.15) is 5.75 Å². The fraction of sp³-hybridized carbons (Fsp3) is 0.444. The number of ether oxygens (including phenoxy) is 2. The molecule has 0 saturated carbocycles. The molecule has 1 aliphatic heterocycles. The maximum absolute atomic E-state index is 12.9. The molecule has 1 aliphatic rings. The van der Waals surface area contributed by atoms with E-state index >= 15 is 0 Å². The fourth-order valence-electron chi connectivity index (χ4n) is 3.90. The number of para-hydroxylation sites is 2. The summed E-state index contributed by atoms with van der Waals surface area (Å²) in [6.07, 6.45) is 0.474. The molecule has 2 aromatic rings. The number of benzene rings is 2. The van der Waals surface area contributed by atoms with Crippen LogP contribution in [0.5, 0.6) is 5.75 Å². The van der Waals surface area contributed by atoms with Crippen LogP contribution < -0.4 is 15.4 Å². The number of methoxy groups -OCH3 is 1. The van der Waals surface area contributed by atoms with Crippen molar-refractivity contribution in [1.29, 1.82) is 0 Å². The Bertz CT molecular complexity index is 1040. The number of rotatable bonds is 8. The number of carbonyl (C=O) groups excluding carboxylic acids is 3. The summed E-state index contributed by atoms with van der Waals surface area (Å²) in [5.74, 6) is 0.452. The molecular formula is C27H36N4O5. The number of amides is 3. The van der Waals surface area contributed by atoms with Crippen molar-refractivity contribution in [1.82, 2.24) is 9.80 Å². The molecule has 9 nitrogen and oxygen atoms in total. The second-order valence-corrected chi connectivity index (χ2v) is 9.24. The molecule has 1 atom stereocenters. The highest BCUT2D eigenvalue weighted by Crippen LogP contribution is 2.24. The first-order valence-corrected chi connectivity index (χ1v) is 12.3.